The predicted octanol–water partition coefficient (Wildman–Crippen LogP) is 1.67. The average Bonchev–Trinajstić information content (AvgIpc) is 2.28. The number of nitrogens with one attached hydrogen (secondary N) is 1. The van der Waals surface area contributed by atoms with E-state index in [1.165, 1.54) is 0 Å². The van der Waals surface area contributed by atoms with E-state index in [1.807, 2.05) is 0 Å². The lowest BCUT2D eigenvalue weighted by molar-refractivity contribution is -0.385. The first kappa shape index (κ1) is 12.6. The maximum atomic E-state index is 10.9. The molecule has 0 radical (unpaired) electrons. The van der Waals surface area contributed by atoms with Gasteiger partial charge in [0, 0.05) is 12.1 Å². The lowest BCUT2D eigenvalue weighted by Crippen LogP contribution is -2.14. The van der Waals surface area contributed by atoms with E-state index in [1.54, 1.807) is 13.0 Å². The van der Waals surface area contributed by atoms with E-state index < -0.39 is 22.1 Å². The molecule has 90 valence electrons. The van der Waals surface area contributed by atoms with Gasteiger partial charge in [-0.05, 0) is 6.92 Å². The zero-order valence-electron chi connectivity index (χ0n) is 9.08. The number of nitrogens with zero attached hydrogens (tertiary/aromatic N) is 2. The summed E-state index contributed by atoms with van der Waals surface area (Å²) in [5, 5.41) is 22.3. The summed E-state index contributed by atoms with van der Waals surface area (Å²) in [5.74, 6) is -1.12. The number of hydrogen-bond donors (Lipinski definition) is 2. The van der Waals surface area contributed by atoms with Gasteiger partial charge in [0.25, 0.3) is 0 Å². The first-order valence-electron chi connectivity index (χ1n) is 4.72. The molecule has 0 spiro atoms. The summed E-state index contributed by atoms with van der Waals surface area (Å²) < 4.78 is 0. The number of nitro groups is 1. The minimum absolute atomic E-state index is 0.120. The Morgan fingerprint density at radius 3 is 2.88 bits per heavy atom. The molecule has 1 aromatic rings. The van der Waals surface area contributed by atoms with Gasteiger partial charge in [0.15, 0.2) is 0 Å². The molecule has 0 aliphatic heterocycles. The van der Waals surface area contributed by atoms with Crippen molar-refractivity contribution < 1.29 is 14.8 Å². The van der Waals surface area contributed by atoms with Crippen molar-refractivity contribution >= 4 is 17.5 Å². The molecule has 7 heteroatoms. The van der Waals surface area contributed by atoms with E-state index in [0.29, 0.717) is 0 Å². The molecule has 0 saturated carbocycles. The molecule has 0 aromatic carbocycles. The van der Waals surface area contributed by atoms with Crippen molar-refractivity contribution in [3.8, 4) is 0 Å². The molecule has 0 aliphatic carbocycles. The fourth-order valence-electron chi connectivity index (χ4n) is 1.14. The van der Waals surface area contributed by atoms with Gasteiger partial charge in [-0.25, -0.2) is 9.78 Å². The molecule has 1 atom stereocenters. The van der Waals surface area contributed by atoms with E-state index in [-0.39, 0.29) is 11.9 Å². The van der Waals surface area contributed by atoms with Crippen LogP contribution in [-0.2, 0) is 0 Å². The molecule has 0 fully saturated rings. The molecule has 0 amide bonds. The molecule has 1 unspecified atom stereocenters. The lowest BCUT2D eigenvalue weighted by Gasteiger charge is -2.09. The van der Waals surface area contributed by atoms with Crippen LogP contribution in [0.3, 0.4) is 0 Å². The van der Waals surface area contributed by atoms with Crippen molar-refractivity contribution in [2.24, 2.45) is 0 Å². The Morgan fingerprint density at radius 1 is 1.76 bits per heavy atom. The third-order valence-corrected chi connectivity index (χ3v) is 2.04. The van der Waals surface area contributed by atoms with Crippen LogP contribution in [0.15, 0.2) is 24.9 Å². The largest absolute Gasteiger partial charge is 0.477 e. The summed E-state index contributed by atoms with van der Waals surface area (Å²) in [6.45, 7) is 5.33. The maximum absolute atomic E-state index is 10.9. The van der Waals surface area contributed by atoms with Crippen LogP contribution in [0, 0.1) is 10.1 Å². The van der Waals surface area contributed by atoms with Crippen LogP contribution in [-0.4, -0.2) is 27.0 Å². The summed E-state index contributed by atoms with van der Waals surface area (Å²) in [6.07, 6.45) is 2.52. The Hall–Kier alpha value is -2.44. The molecule has 7 nitrogen and oxygen atoms in total. The molecule has 1 heterocycles. The zero-order valence-corrected chi connectivity index (χ0v) is 9.08. The molecule has 0 saturated heterocycles. The van der Waals surface area contributed by atoms with Crippen molar-refractivity contribution in [3.05, 3.63) is 40.6 Å². The topological polar surface area (TPSA) is 105 Å². The Balaban J connectivity index is 3.14. The van der Waals surface area contributed by atoms with Crippen molar-refractivity contribution in [2.45, 2.75) is 13.0 Å². The fraction of sp³-hybridized carbons (Fsp3) is 0.200. The number of aromatic carboxylic acids is 1. The number of anilines is 1. The van der Waals surface area contributed by atoms with Crippen LogP contribution in [0.25, 0.3) is 0 Å². The van der Waals surface area contributed by atoms with Crippen LogP contribution in [0.5, 0.6) is 0 Å². The van der Waals surface area contributed by atoms with Gasteiger partial charge in [-0.15, -0.1) is 6.58 Å². The zero-order chi connectivity index (χ0) is 13.0. The van der Waals surface area contributed by atoms with Crippen LogP contribution < -0.4 is 5.32 Å². The Morgan fingerprint density at radius 2 is 2.41 bits per heavy atom. The number of carboxylic acids is 1. The highest BCUT2D eigenvalue weighted by Crippen LogP contribution is 2.20. The minimum atomic E-state index is -1.37. The molecule has 1 rings (SSSR count). The third-order valence-electron chi connectivity index (χ3n) is 2.04. The van der Waals surface area contributed by atoms with Gasteiger partial charge in [0.1, 0.15) is 17.6 Å². The SMILES string of the molecule is C=CC(C)Nc1cc(C(=O)O)c([N+](=O)[O-])cn1. The molecule has 2 N–H and O–H groups in total. The van der Waals surface area contributed by atoms with Gasteiger partial charge in [0.05, 0.1) is 4.92 Å². The monoisotopic (exact) mass is 237 g/mol. The van der Waals surface area contributed by atoms with Gasteiger partial charge in [-0.2, -0.15) is 0 Å². The molecule has 1 aromatic heterocycles. The lowest BCUT2D eigenvalue weighted by atomic mass is 10.2. The van der Waals surface area contributed by atoms with E-state index in [2.05, 4.69) is 16.9 Å². The standard InChI is InChI=1S/C10H11N3O4/c1-3-6(2)12-9-4-7(10(14)15)8(5-11-9)13(16)17/h3-6H,1H2,2H3,(H,11,12)(H,14,15). The van der Waals surface area contributed by atoms with Crippen LogP contribution >= 0.6 is 0 Å². The predicted molar refractivity (Wildman–Crippen MR) is 61.1 cm³/mol. The number of hydrogen-bond acceptors (Lipinski definition) is 5. The highest BCUT2D eigenvalue weighted by Gasteiger charge is 2.21. The summed E-state index contributed by atoms with van der Waals surface area (Å²) in [7, 11) is 0. The summed E-state index contributed by atoms with van der Waals surface area (Å²) in [6, 6.07) is 1.01. The van der Waals surface area contributed by atoms with E-state index in [4.69, 9.17) is 5.11 Å². The number of rotatable bonds is 5. The van der Waals surface area contributed by atoms with Crippen molar-refractivity contribution in [1.82, 2.24) is 4.98 Å². The first-order chi connectivity index (χ1) is 7.95. The van der Waals surface area contributed by atoms with E-state index >= 15 is 0 Å². The number of aromatic nitrogens is 1. The number of pyridine rings is 1. The van der Waals surface area contributed by atoms with Gasteiger partial charge < -0.3 is 10.4 Å². The van der Waals surface area contributed by atoms with Crippen LogP contribution in [0.1, 0.15) is 17.3 Å². The first-order valence-corrected chi connectivity index (χ1v) is 4.72. The van der Waals surface area contributed by atoms with Gasteiger partial charge >= 0.3 is 11.7 Å². The minimum Gasteiger partial charge on any atom is -0.477 e. The van der Waals surface area contributed by atoms with Gasteiger partial charge in [-0.3, -0.25) is 10.1 Å². The molecule has 0 bridgehead atoms. The smallest absolute Gasteiger partial charge is 0.342 e. The summed E-state index contributed by atoms with van der Waals surface area (Å²) >= 11 is 0. The van der Waals surface area contributed by atoms with Crippen molar-refractivity contribution in [2.75, 3.05) is 5.32 Å². The Bertz CT molecular complexity index is 473. The van der Waals surface area contributed by atoms with E-state index in [9.17, 15) is 14.9 Å². The normalized spacial score (nSPS) is 11.6. The number of carboxylic acid groups (broad SMARTS) is 1. The second-order valence-electron chi connectivity index (χ2n) is 3.32. The van der Waals surface area contributed by atoms with Gasteiger partial charge in [-0.1, -0.05) is 6.08 Å². The fourth-order valence-corrected chi connectivity index (χ4v) is 1.14. The summed E-state index contributed by atoms with van der Waals surface area (Å²) in [5.41, 5.74) is -0.932. The second kappa shape index (κ2) is 5.06. The highest BCUT2D eigenvalue weighted by atomic mass is 16.6. The maximum Gasteiger partial charge on any atom is 0.342 e. The Kier molecular flexibility index (Phi) is 3.76. The Labute approximate surface area is 96.9 Å². The van der Waals surface area contributed by atoms with Gasteiger partial charge in [0.2, 0.25) is 0 Å². The third kappa shape index (κ3) is 3.00. The second-order valence-corrected chi connectivity index (χ2v) is 3.32. The molecule has 0 aliphatic rings. The molecule has 17 heavy (non-hydrogen) atoms. The van der Waals surface area contributed by atoms with Crippen LogP contribution in [0.4, 0.5) is 11.5 Å². The molecular formula is C10H11N3O4. The average molecular weight is 237 g/mol. The number of carbonyl (C=O) groups is 1. The van der Waals surface area contributed by atoms with Crippen LogP contribution in [0.2, 0.25) is 0 Å². The summed E-state index contributed by atoms with van der Waals surface area (Å²) in [4.78, 5) is 24.4. The molecular weight excluding hydrogens is 226 g/mol. The van der Waals surface area contributed by atoms with Crippen molar-refractivity contribution in [3.63, 3.8) is 0 Å². The highest BCUT2D eigenvalue weighted by molar-refractivity contribution is 5.93. The quantitative estimate of drug-likeness (QED) is 0.458. The van der Waals surface area contributed by atoms with E-state index in [0.717, 1.165) is 12.3 Å². The van der Waals surface area contributed by atoms with Crippen molar-refractivity contribution in [1.29, 1.82) is 0 Å².